The third kappa shape index (κ3) is 3.16. The molecule has 26 heavy (non-hydrogen) atoms. The van der Waals surface area contributed by atoms with E-state index in [0.29, 0.717) is 16.5 Å². The molecule has 1 heterocycles. The van der Waals surface area contributed by atoms with Crippen molar-refractivity contribution < 1.29 is 14.5 Å². The Morgan fingerprint density at radius 2 is 1.88 bits per heavy atom. The van der Waals surface area contributed by atoms with Gasteiger partial charge in [0.1, 0.15) is 11.8 Å². The lowest BCUT2D eigenvalue weighted by Gasteiger charge is -2.06. The molecule has 0 saturated heterocycles. The highest BCUT2D eigenvalue weighted by Crippen LogP contribution is 2.22. The molecule has 8 heteroatoms. The molecule has 130 valence electrons. The van der Waals surface area contributed by atoms with E-state index in [1.54, 1.807) is 24.3 Å². The molecule has 0 aliphatic rings. The lowest BCUT2D eigenvalue weighted by atomic mass is 10.0. The van der Waals surface area contributed by atoms with Gasteiger partial charge in [-0.2, -0.15) is 0 Å². The third-order valence-corrected chi connectivity index (χ3v) is 3.78. The summed E-state index contributed by atoms with van der Waals surface area (Å²) in [4.78, 5) is 22.9. The van der Waals surface area contributed by atoms with Crippen LogP contribution in [0.3, 0.4) is 0 Å². The van der Waals surface area contributed by atoms with Crippen molar-refractivity contribution in [3.63, 3.8) is 0 Å². The summed E-state index contributed by atoms with van der Waals surface area (Å²) in [5.41, 5.74) is 6.65. The van der Waals surface area contributed by atoms with Crippen molar-refractivity contribution in [3.05, 3.63) is 86.3 Å². The van der Waals surface area contributed by atoms with Crippen LogP contribution in [-0.4, -0.2) is 16.0 Å². The number of oxime groups is 1. The molecule has 3 rings (SSSR count). The zero-order chi connectivity index (χ0) is 18.7. The van der Waals surface area contributed by atoms with Crippen LogP contribution in [0.4, 0.5) is 5.69 Å². The molecule has 0 spiro atoms. The van der Waals surface area contributed by atoms with Gasteiger partial charge in [0, 0.05) is 17.7 Å². The maximum Gasteiger partial charge on any atom is 0.269 e. The topological polar surface area (TPSA) is 132 Å². The molecule has 1 aromatic heterocycles. The lowest BCUT2D eigenvalue weighted by Crippen LogP contribution is -2.15. The Hall–Kier alpha value is -3.94. The number of nitro groups is 1. The molecular weight excluding hydrogens is 338 g/mol. The van der Waals surface area contributed by atoms with E-state index in [1.165, 1.54) is 36.6 Å². The van der Waals surface area contributed by atoms with Crippen LogP contribution in [0.15, 0.2) is 69.2 Å². The molecule has 0 saturated carbocycles. The summed E-state index contributed by atoms with van der Waals surface area (Å²) in [5.74, 6) is -0.244. The number of hydrogen-bond donors (Lipinski definition) is 2. The zero-order valence-corrected chi connectivity index (χ0v) is 13.3. The van der Waals surface area contributed by atoms with Crippen molar-refractivity contribution in [1.29, 1.82) is 0 Å². The fourth-order valence-corrected chi connectivity index (χ4v) is 2.47. The van der Waals surface area contributed by atoms with Crippen molar-refractivity contribution in [2.45, 2.75) is 0 Å². The van der Waals surface area contributed by atoms with Crippen LogP contribution < -0.4 is 11.2 Å². The highest BCUT2D eigenvalue weighted by atomic mass is 16.6. The van der Waals surface area contributed by atoms with Gasteiger partial charge in [0.25, 0.3) is 5.69 Å². The SMILES string of the molecule is NC(=N\O)/C(=C/c1coc2ccccc2c1=O)c1ccc([N+](=O)[O-])cc1. The summed E-state index contributed by atoms with van der Waals surface area (Å²) in [7, 11) is 0. The molecule has 0 amide bonds. The number of nitrogens with two attached hydrogens (primary N) is 1. The number of para-hydroxylation sites is 1. The van der Waals surface area contributed by atoms with E-state index >= 15 is 0 Å². The molecule has 0 bridgehead atoms. The van der Waals surface area contributed by atoms with Gasteiger partial charge in [-0.05, 0) is 35.9 Å². The Morgan fingerprint density at radius 3 is 2.54 bits per heavy atom. The quantitative estimate of drug-likeness (QED) is 0.244. The summed E-state index contributed by atoms with van der Waals surface area (Å²) in [6.07, 6.45) is 2.69. The molecule has 8 nitrogen and oxygen atoms in total. The Morgan fingerprint density at radius 1 is 1.19 bits per heavy atom. The fraction of sp³-hybridized carbons (Fsp3) is 0. The van der Waals surface area contributed by atoms with Gasteiger partial charge in [0.2, 0.25) is 0 Å². The molecule has 0 fully saturated rings. The summed E-state index contributed by atoms with van der Waals surface area (Å²) >= 11 is 0. The largest absolute Gasteiger partial charge is 0.463 e. The first-order chi connectivity index (χ1) is 12.5. The summed E-state index contributed by atoms with van der Waals surface area (Å²) in [5, 5.41) is 23.2. The number of benzene rings is 2. The number of amidine groups is 1. The van der Waals surface area contributed by atoms with E-state index in [9.17, 15) is 14.9 Å². The second-order valence-corrected chi connectivity index (χ2v) is 5.36. The fourth-order valence-electron chi connectivity index (χ4n) is 2.47. The van der Waals surface area contributed by atoms with Crippen LogP contribution in [0.25, 0.3) is 22.6 Å². The smallest absolute Gasteiger partial charge is 0.269 e. The first kappa shape index (κ1) is 16.9. The van der Waals surface area contributed by atoms with Crippen molar-refractivity contribution >= 4 is 34.1 Å². The number of fused-ring (bicyclic) bond motifs is 1. The Balaban J connectivity index is 2.16. The molecule has 3 aromatic rings. The molecule has 0 aliphatic carbocycles. The van der Waals surface area contributed by atoms with E-state index in [2.05, 4.69) is 5.16 Å². The van der Waals surface area contributed by atoms with Crippen molar-refractivity contribution in [2.24, 2.45) is 10.9 Å². The lowest BCUT2D eigenvalue weighted by molar-refractivity contribution is -0.384. The number of hydrogen-bond acceptors (Lipinski definition) is 6. The van der Waals surface area contributed by atoms with Crippen molar-refractivity contribution in [1.82, 2.24) is 0 Å². The first-order valence-corrected chi connectivity index (χ1v) is 7.46. The molecule has 3 N–H and O–H groups in total. The van der Waals surface area contributed by atoms with Gasteiger partial charge < -0.3 is 15.4 Å². The molecule has 2 aromatic carbocycles. The second kappa shape index (κ2) is 6.89. The molecule has 0 radical (unpaired) electrons. The standard InChI is InChI=1S/C18H13N3O5/c19-18(20-23)15(11-5-7-13(8-6-11)21(24)25)9-12-10-26-16-4-2-1-3-14(16)17(12)22/h1-10,23H,(H2,19,20)/b15-9+. The summed E-state index contributed by atoms with van der Waals surface area (Å²) in [6.45, 7) is 0. The normalized spacial score (nSPS) is 12.3. The van der Waals surface area contributed by atoms with Crippen LogP contribution in [0.5, 0.6) is 0 Å². The maximum atomic E-state index is 12.6. The number of rotatable bonds is 4. The average molecular weight is 351 g/mol. The van der Waals surface area contributed by atoms with E-state index in [-0.39, 0.29) is 28.1 Å². The van der Waals surface area contributed by atoms with Gasteiger partial charge >= 0.3 is 0 Å². The Kier molecular flexibility index (Phi) is 4.48. The second-order valence-electron chi connectivity index (χ2n) is 5.36. The van der Waals surface area contributed by atoms with Crippen molar-refractivity contribution in [3.8, 4) is 0 Å². The van der Waals surface area contributed by atoms with Crippen molar-refractivity contribution in [2.75, 3.05) is 0 Å². The predicted molar refractivity (Wildman–Crippen MR) is 96.9 cm³/mol. The highest BCUT2D eigenvalue weighted by Gasteiger charge is 2.13. The molecule has 0 unspecified atom stereocenters. The van der Waals surface area contributed by atoms with Crippen LogP contribution in [0.2, 0.25) is 0 Å². The van der Waals surface area contributed by atoms with Crippen LogP contribution in [-0.2, 0) is 0 Å². The van der Waals surface area contributed by atoms with Gasteiger partial charge in [-0.15, -0.1) is 0 Å². The number of non-ortho nitro benzene ring substituents is 1. The first-order valence-electron chi connectivity index (χ1n) is 7.46. The summed E-state index contributed by atoms with van der Waals surface area (Å²) in [6, 6.07) is 12.2. The van der Waals surface area contributed by atoms with Crippen LogP contribution in [0.1, 0.15) is 11.1 Å². The zero-order valence-electron chi connectivity index (χ0n) is 13.3. The Bertz CT molecular complexity index is 1100. The molecule has 0 atom stereocenters. The van der Waals surface area contributed by atoms with Gasteiger partial charge in [0.05, 0.1) is 15.9 Å². The number of nitro benzene ring substituents is 1. The maximum absolute atomic E-state index is 12.6. The number of nitrogens with zero attached hydrogens (tertiary/aromatic N) is 2. The average Bonchev–Trinajstić information content (AvgIpc) is 2.67. The van der Waals surface area contributed by atoms with Gasteiger partial charge in [-0.3, -0.25) is 14.9 Å². The summed E-state index contributed by atoms with van der Waals surface area (Å²) < 4.78 is 5.45. The minimum atomic E-state index is -0.533. The van der Waals surface area contributed by atoms with E-state index in [1.807, 2.05) is 0 Å². The van der Waals surface area contributed by atoms with E-state index in [4.69, 9.17) is 15.4 Å². The highest BCUT2D eigenvalue weighted by molar-refractivity contribution is 6.26. The van der Waals surface area contributed by atoms with E-state index in [0.717, 1.165) is 0 Å². The van der Waals surface area contributed by atoms with Gasteiger partial charge in [-0.25, -0.2) is 0 Å². The van der Waals surface area contributed by atoms with Crippen LogP contribution in [0, 0.1) is 10.1 Å². The molecular formula is C18H13N3O5. The Labute approximate surface area is 146 Å². The monoisotopic (exact) mass is 351 g/mol. The van der Waals surface area contributed by atoms with E-state index < -0.39 is 4.92 Å². The minimum Gasteiger partial charge on any atom is -0.463 e. The third-order valence-electron chi connectivity index (χ3n) is 3.78. The van der Waals surface area contributed by atoms with Crippen LogP contribution >= 0.6 is 0 Å². The van der Waals surface area contributed by atoms with Gasteiger partial charge in [0.15, 0.2) is 11.3 Å². The predicted octanol–water partition coefficient (Wildman–Crippen LogP) is 2.99. The molecule has 0 aliphatic heterocycles. The van der Waals surface area contributed by atoms with Gasteiger partial charge in [-0.1, -0.05) is 17.3 Å². The minimum absolute atomic E-state index is 0.0992.